The third kappa shape index (κ3) is 3.74. The quantitative estimate of drug-likeness (QED) is 0.735. The van der Waals surface area contributed by atoms with Crippen molar-refractivity contribution in [3.05, 3.63) is 11.9 Å². The summed E-state index contributed by atoms with van der Waals surface area (Å²) in [5.74, 6) is 0. The first-order valence-corrected chi connectivity index (χ1v) is 4.22. The van der Waals surface area contributed by atoms with Gasteiger partial charge in [-0.25, -0.2) is 9.18 Å². The number of aliphatic hydroxyl groups excluding tert-OH is 1. The van der Waals surface area contributed by atoms with Crippen molar-refractivity contribution in [1.29, 1.82) is 0 Å². The number of carbonyl (C=O) groups is 1. The molecule has 0 spiro atoms. The van der Waals surface area contributed by atoms with Crippen molar-refractivity contribution in [2.24, 2.45) is 0 Å². The van der Waals surface area contributed by atoms with Crippen LogP contribution in [0.15, 0.2) is 11.9 Å². The molecule has 0 saturated heterocycles. The predicted octanol–water partition coefficient (Wildman–Crippen LogP) is 1.61. The maximum Gasteiger partial charge on any atom is 0.408 e. The molecule has 0 bridgehead atoms. The van der Waals surface area contributed by atoms with E-state index >= 15 is 0 Å². The Morgan fingerprint density at radius 3 is 2.21 bits per heavy atom. The van der Waals surface area contributed by atoms with Crippen LogP contribution in [0.25, 0.3) is 0 Å². The van der Waals surface area contributed by atoms with Crippen molar-refractivity contribution < 1.29 is 19.4 Å². The Bertz CT molecular complexity index is 233. The Balaban J connectivity index is 4.63. The summed E-state index contributed by atoms with van der Waals surface area (Å²) in [5.41, 5.74) is -0.572. The fraction of sp³-hybridized carbons (Fsp3) is 0.667. The Morgan fingerprint density at radius 2 is 2.00 bits per heavy atom. The molecule has 0 unspecified atom stereocenters. The molecule has 1 amide bonds. The first-order valence-electron chi connectivity index (χ1n) is 4.22. The second-order valence-corrected chi connectivity index (χ2v) is 3.97. The van der Waals surface area contributed by atoms with Gasteiger partial charge in [0.1, 0.15) is 0 Å². The van der Waals surface area contributed by atoms with Crippen molar-refractivity contribution in [3.8, 4) is 0 Å². The Labute approximate surface area is 82.6 Å². The van der Waals surface area contributed by atoms with E-state index in [0.717, 1.165) is 4.90 Å². The van der Waals surface area contributed by atoms with Crippen molar-refractivity contribution >= 4 is 6.09 Å². The number of aliphatic hydroxyl groups is 1. The number of carboxylic acid groups (broad SMARTS) is 1. The van der Waals surface area contributed by atoms with Crippen LogP contribution in [0.5, 0.6) is 0 Å². The molecular weight excluding hydrogens is 189 g/mol. The van der Waals surface area contributed by atoms with Gasteiger partial charge in [-0.1, -0.05) is 0 Å². The molecule has 0 aliphatic carbocycles. The molecule has 0 rings (SSSR count). The summed E-state index contributed by atoms with van der Waals surface area (Å²) in [5, 5.41) is 17.5. The highest BCUT2D eigenvalue weighted by molar-refractivity contribution is 5.66. The number of hydrogen-bond acceptors (Lipinski definition) is 2. The lowest BCUT2D eigenvalue weighted by Gasteiger charge is -2.33. The van der Waals surface area contributed by atoms with Crippen LogP contribution in [-0.2, 0) is 0 Å². The van der Waals surface area contributed by atoms with Crippen LogP contribution in [-0.4, -0.2) is 39.9 Å². The van der Waals surface area contributed by atoms with Gasteiger partial charge >= 0.3 is 6.09 Å². The average molecular weight is 205 g/mol. The summed E-state index contributed by atoms with van der Waals surface area (Å²) >= 11 is 0. The van der Waals surface area contributed by atoms with Gasteiger partial charge in [-0.15, -0.1) is 0 Å². The van der Waals surface area contributed by atoms with Gasteiger partial charge in [0, 0.05) is 11.1 Å². The highest BCUT2D eigenvalue weighted by atomic mass is 19.1. The van der Waals surface area contributed by atoms with E-state index in [1.807, 2.05) is 0 Å². The summed E-state index contributed by atoms with van der Waals surface area (Å²) < 4.78 is 12.1. The molecule has 0 aromatic rings. The third-order valence-electron chi connectivity index (χ3n) is 1.76. The SMILES string of the molecule is CC(C)(C)N(C/C(=C/F)CO)C(=O)O. The van der Waals surface area contributed by atoms with Crippen molar-refractivity contribution in [2.45, 2.75) is 26.3 Å². The van der Waals surface area contributed by atoms with E-state index in [1.165, 1.54) is 0 Å². The summed E-state index contributed by atoms with van der Waals surface area (Å²) in [4.78, 5) is 11.9. The number of amides is 1. The number of nitrogens with zero attached hydrogens (tertiary/aromatic N) is 1. The van der Waals surface area contributed by atoms with Crippen LogP contribution in [0, 0.1) is 0 Å². The molecule has 14 heavy (non-hydrogen) atoms. The Morgan fingerprint density at radius 1 is 1.50 bits per heavy atom. The van der Waals surface area contributed by atoms with E-state index in [9.17, 15) is 9.18 Å². The van der Waals surface area contributed by atoms with Gasteiger partial charge in [-0.2, -0.15) is 0 Å². The minimum Gasteiger partial charge on any atom is -0.465 e. The smallest absolute Gasteiger partial charge is 0.408 e. The lowest BCUT2D eigenvalue weighted by Crippen LogP contribution is -2.46. The molecule has 0 fully saturated rings. The van der Waals surface area contributed by atoms with Crippen LogP contribution in [0.3, 0.4) is 0 Å². The molecule has 0 atom stereocenters. The van der Waals surface area contributed by atoms with Crippen LogP contribution in [0.1, 0.15) is 20.8 Å². The largest absolute Gasteiger partial charge is 0.465 e. The zero-order valence-electron chi connectivity index (χ0n) is 8.62. The normalized spacial score (nSPS) is 12.8. The highest BCUT2D eigenvalue weighted by Gasteiger charge is 2.26. The minimum absolute atomic E-state index is 0.0438. The molecule has 82 valence electrons. The third-order valence-corrected chi connectivity index (χ3v) is 1.76. The lowest BCUT2D eigenvalue weighted by molar-refractivity contribution is 0.104. The predicted molar refractivity (Wildman–Crippen MR) is 50.8 cm³/mol. The molecule has 5 heteroatoms. The molecule has 0 radical (unpaired) electrons. The molecule has 0 aliphatic rings. The van der Waals surface area contributed by atoms with Gasteiger partial charge in [-0.3, -0.25) is 4.90 Å². The van der Waals surface area contributed by atoms with E-state index in [1.54, 1.807) is 20.8 Å². The summed E-state index contributed by atoms with van der Waals surface area (Å²) in [6.45, 7) is 4.51. The number of rotatable bonds is 3. The van der Waals surface area contributed by atoms with Gasteiger partial charge in [0.05, 0.1) is 19.5 Å². The minimum atomic E-state index is -1.13. The van der Waals surface area contributed by atoms with Crippen LogP contribution in [0.4, 0.5) is 9.18 Å². The number of hydrogen-bond donors (Lipinski definition) is 2. The van der Waals surface area contributed by atoms with Gasteiger partial charge < -0.3 is 10.2 Å². The second kappa shape index (κ2) is 4.95. The van der Waals surface area contributed by atoms with E-state index in [4.69, 9.17) is 10.2 Å². The van der Waals surface area contributed by atoms with Crippen LogP contribution in [0.2, 0.25) is 0 Å². The van der Waals surface area contributed by atoms with E-state index < -0.39 is 18.2 Å². The lowest BCUT2D eigenvalue weighted by atomic mass is 10.1. The zero-order valence-corrected chi connectivity index (χ0v) is 8.62. The van der Waals surface area contributed by atoms with Crippen LogP contribution >= 0.6 is 0 Å². The standard InChI is InChI=1S/C9H16FNO3/c1-9(2,3)11(8(13)14)5-7(4-10)6-12/h4,12H,5-6H2,1-3H3,(H,13,14)/b7-4-. The summed E-state index contributed by atoms with van der Waals surface area (Å²) in [6, 6.07) is 0. The van der Waals surface area contributed by atoms with Crippen molar-refractivity contribution in [2.75, 3.05) is 13.2 Å². The summed E-state index contributed by atoms with van der Waals surface area (Å²) in [7, 11) is 0. The average Bonchev–Trinajstić information content (AvgIpc) is 2.03. The molecule has 0 heterocycles. The fourth-order valence-electron chi connectivity index (χ4n) is 0.914. The van der Waals surface area contributed by atoms with Crippen molar-refractivity contribution in [1.82, 2.24) is 4.90 Å². The molecule has 0 aliphatic heterocycles. The fourth-order valence-corrected chi connectivity index (χ4v) is 0.914. The first kappa shape index (κ1) is 12.9. The number of halogens is 1. The highest BCUT2D eigenvalue weighted by Crippen LogP contribution is 2.15. The van der Waals surface area contributed by atoms with Crippen molar-refractivity contribution in [3.63, 3.8) is 0 Å². The van der Waals surface area contributed by atoms with E-state index in [-0.39, 0.29) is 18.4 Å². The molecule has 0 aromatic carbocycles. The molecule has 0 aromatic heterocycles. The summed E-state index contributed by atoms with van der Waals surface area (Å²) in [6.07, 6.45) is -0.896. The van der Waals surface area contributed by atoms with Gasteiger partial charge in [0.25, 0.3) is 0 Å². The van der Waals surface area contributed by atoms with Gasteiger partial charge in [-0.05, 0) is 20.8 Å². The second-order valence-electron chi connectivity index (χ2n) is 3.97. The molecule has 0 saturated carbocycles. The van der Waals surface area contributed by atoms with Gasteiger partial charge in [0.2, 0.25) is 0 Å². The topological polar surface area (TPSA) is 60.8 Å². The molecular formula is C9H16FNO3. The monoisotopic (exact) mass is 205 g/mol. The first-order chi connectivity index (χ1) is 6.32. The maximum absolute atomic E-state index is 12.1. The van der Waals surface area contributed by atoms with Gasteiger partial charge in [0.15, 0.2) is 0 Å². The zero-order chi connectivity index (χ0) is 11.4. The maximum atomic E-state index is 12.1. The van der Waals surface area contributed by atoms with E-state index in [0.29, 0.717) is 0 Å². The Kier molecular flexibility index (Phi) is 4.56. The Hall–Kier alpha value is -1.10. The molecule has 2 N–H and O–H groups in total. The van der Waals surface area contributed by atoms with E-state index in [2.05, 4.69) is 0 Å². The van der Waals surface area contributed by atoms with Crippen LogP contribution < -0.4 is 0 Å². The molecule has 4 nitrogen and oxygen atoms in total.